The Kier molecular flexibility index (Phi) is 2.74. The number of hydrogen-bond acceptors (Lipinski definition) is 0. The molecule has 0 nitrogen and oxygen atoms in total. The summed E-state index contributed by atoms with van der Waals surface area (Å²) in [5, 5.41) is 0. The van der Waals surface area contributed by atoms with E-state index in [0.717, 1.165) is 17.7 Å². The minimum absolute atomic E-state index is 0.412. The fourth-order valence-corrected chi connectivity index (χ4v) is 4.22. The van der Waals surface area contributed by atoms with Crippen LogP contribution < -0.4 is 0 Å². The summed E-state index contributed by atoms with van der Waals surface area (Å²) in [5.74, 6) is 2.87. The summed E-state index contributed by atoms with van der Waals surface area (Å²) in [6.45, 7) is 4.38. The lowest BCUT2D eigenvalue weighted by molar-refractivity contribution is 0.303. The number of halogens is 1. The van der Waals surface area contributed by atoms with Crippen LogP contribution in [0.2, 0.25) is 0 Å². The summed E-state index contributed by atoms with van der Waals surface area (Å²) >= 11 is 6.28. The van der Waals surface area contributed by atoms with Gasteiger partial charge >= 0.3 is 0 Å². The summed E-state index contributed by atoms with van der Waals surface area (Å²) in [7, 11) is 0. The molecule has 1 heteroatoms. The van der Waals surface area contributed by atoms with Crippen molar-refractivity contribution in [3.63, 3.8) is 0 Å². The smallest absolute Gasteiger partial charge is 0.0283 e. The Morgan fingerprint density at radius 1 is 1.12 bits per heavy atom. The summed E-state index contributed by atoms with van der Waals surface area (Å²) in [4.78, 5) is 0. The molecular weight excluding hydrogens is 228 g/mol. The molecule has 0 radical (unpaired) electrons. The second-order valence-electron chi connectivity index (χ2n) is 6.47. The summed E-state index contributed by atoms with van der Waals surface area (Å²) < 4.78 is 0. The molecule has 3 rings (SSSR count). The first-order valence-electron chi connectivity index (χ1n) is 6.73. The number of benzene rings is 1. The lowest BCUT2D eigenvalue weighted by atomic mass is 9.79. The normalized spacial score (nSPS) is 34.8. The molecular formula is C16H21Cl. The zero-order valence-electron chi connectivity index (χ0n) is 10.8. The Bertz CT molecular complexity index is 405. The maximum atomic E-state index is 6.28. The first-order valence-corrected chi connectivity index (χ1v) is 7.27. The van der Waals surface area contributed by atoms with Gasteiger partial charge < -0.3 is 0 Å². The highest BCUT2D eigenvalue weighted by Gasteiger charge is 2.53. The highest BCUT2D eigenvalue weighted by molar-refractivity contribution is 6.18. The molecule has 17 heavy (non-hydrogen) atoms. The largest absolute Gasteiger partial charge is 0.126 e. The third-order valence-electron chi connectivity index (χ3n) is 4.60. The topological polar surface area (TPSA) is 0 Å². The van der Waals surface area contributed by atoms with Gasteiger partial charge in [0.25, 0.3) is 0 Å². The number of aryl methyl sites for hydroxylation is 2. The van der Waals surface area contributed by atoms with Gasteiger partial charge in [0.1, 0.15) is 0 Å². The second-order valence-corrected chi connectivity index (χ2v) is 6.74. The molecule has 2 aliphatic carbocycles. The van der Waals surface area contributed by atoms with E-state index in [0.29, 0.717) is 5.41 Å². The molecule has 0 heterocycles. The fourth-order valence-electron chi connectivity index (χ4n) is 3.91. The minimum Gasteiger partial charge on any atom is -0.126 e. The van der Waals surface area contributed by atoms with Gasteiger partial charge in [-0.25, -0.2) is 0 Å². The third-order valence-corrected chi connectivity index (χ3v) is 5.17. The van der Waals surface area contributed by atoms with E-state index >= 15 is 0 Å². The van der Waals surface area contributed by atoms with Crippen LogP contribution >= 0.6 is 11.6 Å². The van der Waals surface area contributed by atoms with Crippen LogP contribution in [0.15, 0.2) is 18.2 Å². The van der Waals surface area contributed by atoms with Gasteiger partial charge in [0, 0.05) is 5.88 Å². The molecule has 2 aliphatic rings. The van der Waals surface area contributed by atoms with Gasteiger partial charge in [0.2, 0.25) is 0 Å². The number of rotatable bonds is 3. The van der Waals surface area contributed by atoms with Gasteiger partial charge in [-0.05, 0) is 62.3 Å². The first kappa shape index (κ1) is 11.6. The van der Waals surface area contributed by atoms with E-state index in [-0.39, 0.29) is 0 Å². The van der Waals surface area contributed by atoms with Crippen molar-refractivity contribution in [2.45, 2.75) is 39.5 Å². The highest BCUT2D eigenvalue weighted by atomic mass is 35.5. The van der Waals surface area contributed by atoms with Crippen LogP contribution in [0.5, 0.6) is 0 Å². The van der Waals surface area contributed by atoms with Crippen molar-refractivity contribution < 1.29 is 0 Å². The zero-order valence-corrected chi connectivity index (χ0v) is 11.6. The monoisotopic (exact) mass is 248 g/mol. The standard InChI is InChI=1S/C16H21Cl/c1-11-3-12(2)5-13(4-11)7-16(10-17)8-14-6-15(14)9-16/h3-5,14-15H,6-10H2,1-2H3. The van der Waals surface area contributed by atoms with Crippen LogP contribution in [0.25, 0.3) is 0 Å². The van der Waals surface area contributed by atoms with Crippen LogP contribution in [0, 0.1) is 31.1 Å². The number of alkyl halides is 1. The van der Waals surface area contributed by atoms with E-state index in [1.807, 2.05) is 0 Å². The minimum atomic E-state index is 0.412. The van der Waals surface area contributed by atoms with Gasteiger partial charge in [-0.15, -0.1) is 11.6 Å². The predicted octanol–water partition coefficient (Wildman–Crippen LogP) is 4.50. The van der Waals surface area contributed by atoms with Gasteiger partial charge in [0.05, 0.1) is 0 Å². The molecule has 0 saturated heterocycles. The fraction of sp³-hybridized carbons (Fsp3) is 0.625. The quantitative estimate of drug-likeness (QED) is 0.691. The molecule has 0 aliphatic heterocycles. The van der Waals surface area contributed by atoms with E-state index in [1.165, 1.54) is 42.4 Å². The Labute approximate surface area is 109 Å². The Morgan fingerprint density at radius 3 is 2.24 bits per heavy atom. The van der Waals surface area contributed by atoms with E-state index in [1.54, 1.807) is 0 Å². The van der Waals surface area contributed by atoms with Crippen molar-refractivity contribution in [2.24, 2.45) is 17.3 Å². The summed E-state index contributed by atoms with van der Waals surface area (Å²) in [6, 6.07) is 6.93. The molecule has 1 aromatic carbocycles. The molecule has 2 saturated carbocycles. The molecule has 2 unspecified atom stereocenters. The molecule has 92 valence electrons. The highest BCUT2D eigenvalue weighted by Crippen LogP contribution is 2.61. The van der Waals surface area contributed by atoms with Crippen molar-refractivity contribution in [3.8, 4) is 0 Å². The number of fused-ring (bicyclic) bond motifs is 1. The second kappa shape index (κ2) is 4.02. The van der Waals surface area contributed by atoms with Crippen molar-refractivity contribution in [3.05, 3.63) is 34.9 Å². The Morgan fingerprint density at radius 2 is 1.71 bits per heavy atom. The molecule has 2 fully saturated rings. The summed E-state index contributed by atoms with van der Waals surface area (Å²) in [6.07, 6.45) is 5.40. The van der Waals surface area contributed by atoms with Gasteiger partial charge in [-0.2, -0.15) is 0 Å². The average molecular weight is 249 g/mol. The molecule has 2 atom stereocenters. The summed E-state index contributed by atoms with van der Waals surface area (Å²) in [5.41, 5.74) is 4.67. The Hall–Kier alpha value is -0.490. The van der Waals surface area contributed by atoms with Crippen molar-refractivity contribution in [1.29, 1.82) is 0 Å². The SMILES string of the molecule is Cc1cc(C)cc(CC2(CCl)CC3CC3C2)c1. The molecule has 1 aromatic rings. The Balaban J connectivity index is 1.80. The van der Waals surface area contributed by atoms with Crippen LogP contribution in [0.1, 0.15) is 36.0 Å². The van der Waals surface area contributed by atoms with Crippen molar-refractivity contribution in [1.82, 2.24) is 0 Å². The van der Waals surface area contributed by atoms with E-state index in [2.05, 4.69) is 32.0 Å². The zero-order chi connectivity index (χ0) is 12.0. The molecule has 0 aromatic heterocycles. The van der Waals surface area contributed by atoms with Crippen LogP contribution in [-0.4, -0.2) is 5.88 Å². The van der Waals surface area contributed by atoms with Crippen LogP contribution in [0.4, 0.5) is 0 Å². The predicted molar refractivity (Wildman–Crippen MR) is 73.6 cm³/mol. The molecule has 0 amide bonds. The lowest BCUT2D eigenvalue weighted by Crippen LogP contribution is -2.24. The third kappa shape index (κ3) is 2.25. The van der Waals surface area contributed by atoms with E-state index in [9.17, 15) is 0 Å². The first-order chi connectivity index (χ1) is 8.10. The molecule has 0 bridgehead atoms. The average Bonchev–Trinajstić information content (AvgIpc) is 2.85. The van der Waals surface area contributed by atoms with Gasteiger partial charge in [-0.3, -0.25) is 0 Å². The maximum absolute atomic E-state index is 6.28. The number of hydrogen-bond donors (Lipinski definition) is 0. The van der Waals surface area contributed by atoms with Gasteiger partial charge in [-0.1, -0.05) is 29.3 Å². The molecule has 0 N–H and O–H groups in total. The van der Waals surface area contributed by atoms with E-state index in [4.69, 9.17) is 11.6 Å². The maximum Gasteiger partial charge on any atom is 0.0283 e. The lowest BCUT2D eigenvalue weighted by Gasteiger charge is -2.29. The van der Waals surface area contributed by atoms with Crippen LogP contribution in [-0.2, 0) is 6.42 Å². The van der Waals surface area contributed by atoms with Crippen molar-refractivity contribution >= 4 is 11.6 Å². The van der Waals surface area contributed by atoms with Crippen molar-refractivity contribution in [2.75, 3.05) is 5.88 Å². The van der Waals surface area contributed by atoms with Gasteiger partial charge in [0.15, 0.2) is 0 Å². The van der Waals surface area contributed by atoms with Crippen LogP contribution in [0.3, 0.4) is 0 Å². The molecule has 0 spiro atoms. The van der Waals surface area contributed by atoms with E-state index < -0.39 is 0 Å².